The minimum Gasteiger partial charge on any atom is -0.0988 e. The van der Waals surface area contributed by atoms with Gasteiger partial charge in [0.05, 0.1) is 0 Å². The lowest BCUT2D eigenvalue weighted by atomic mass is 9.84. The molecule has 0 heterocycles. The van der Waals surface area contributed by atoms with Gasteiger partial charge in [-0.2, -0.15) is 0 Å². The molecule has 0 aliphatic heterocycles. The van der Waals surface area contributed by atoms with Crippen LogP contribution in [0.1, 0.15) is 40.5 Å². The van der Waals surface area contributed by atoms with E-state index in [4.69, 9.17) is 0 Å². The van der Waals surface area contributed by atoms with Crippen LogP contribution in [-0.2, 0) is 0 Å². The molecule has 0 N–H and O–H groups in total. The fourth-order valence-corrected chi connectivity index (χ4v) is 0.986. The van der Waals surface area contributed by atoms with Crippen LogP contribution in [0.25, 0.3) is 0 Å². The molecule has 0 aromatic carbocycles. The van der Waals surface area contributed by atoms with Crippen LogP contribution < -0.4 is 0 Å². The van der Waals surface area contributed by atoms with Crippen LogP contribution in [0.4, 0.5) is 0 Å². The summed E-state index contributed by atoms with van der Waals surface area (Å²) in [5.41, 5.74) is 1.57. The minimum absolute atomic E-state index is 0.359. The van der Waals surface area contributed by atoms with Gasteiger partial charge in [-0.15, -0.1) is 0 Å². The Balaban J connectivity index is 4.32. The standard InChI is InChI=1S/C13H22/c1-6-12(4)10-9-11-13(5,7-2)8-3/h6,9-11H,1,7-8H2,2-5H3/b11-9+,12-10-. The number of rotatable bonds is 5. The highest BCUT2D eigenvalue weighted by Gasteiger charge is 2.13. The fourth-order valence-electron chi connectivity index (χ4n) is 0.986. The predicted molar refractivity (Wildman–Crippen MR) is 61.8 cm³/mol. The monoisotopic (exact) mass is 178 g/mol. The molecule has 0 unspecified atom stereocenters. The Morgan fingerprint density at radius 3 is 2.23 bits per heavy atom. The molecule has 0 aliphatic carbocycles. The molecule has 0 bridgehead atoms. The normalized spacial score (nSPS) is 13.7. The van der Waals surface area contributed by atoms with Crippen molar-refractivity contribution in [3.8, 4) is 0 Å². The third kappa shape index (κ3) is 4.72. The molecule has 0 atom stereocenters. The summed E-state index contributed by atoms with van der Waals surface area (Å²) in [5, 5.41) is 0. The molecule has 0 radical (unpaired) electrons. The van der Waals surface area contributed by atoms with Gasteiger partial charge in [-0.25, -0.2) is 0 Å². The Labute approximate surface area is 83.0 Å². The molecule has 0 saturated carbocycles. The smallest absolute Gasteiger partial charge is 0.0149 e. The van der Waals surface area contributed by atoms with Crippen LogP contribution in [0.15, 0.2) is 36.5 Å². The van der Waals surface area contributed by atoms with E-state index in [1.165, 1.54) is 18.4 Å². The topological polar surface area (TPSA) is 0 Å². The summed E-state index contributed by atoms with van der Waals surface area (Å²) >= 11 is 0. The third-order valence-electron chi connectivity index (χ3n) is 2.80. The SMILES string of the molecule is C=C/C(C)=C\C=C\C(C)(CC)CC. The van der Waals surface area contributed by atoms with Crippen molar-refractivity contribution in [2.75, 3.05) is 0 Å². The highest BCUT2D eigenvalue weighted by atomic mass is 14.2. The van der Waals surface area contributed by atoms with Crippen LogP contribution in [0.3, 0.4) is 0 Å². The van der Waals surface area contributed by atoms with Crippen molar-refractivity contribution >= 4 is 0 Å². The molecule has 0 rings (SSSR count). The van der Waals surface area contributed by atoms with Crippen molar-refractivity contribution in [1.29, 1.82) is 0 Å². The van der Waals surface area contributed by atoms with E-state index in [9.17, 15) is 0 Å². The molecule has 0 fully saturated rings. The predicted octanol–water partition coefficient (Wildman–Crippen LogP) is 4.50. The number of allylic oxidation sites excluding steroid dienone is 5. The van der Waals surface area contributed by atoms with Crippen LogP contribution in [-0.4, -0.2) is 0 Å². The van der Waals surface area contributed by atoms with Crippen molar-refractivity contribution < 1.29 is 0 Å². The lowest BCUT2D eigenvalue weighted by Crippen LogP contribution is -2.08. The van der Waals surface area contributed by atoms with Crippen molar-refractivity contribution in [2.45, 2.75) is 40.5 Å². The molecule has 0 aromatic heterocycles. The lowest BCUT2D eigenvalue weighted by Gasteiger charge is -2.21. The third-order valence-corrected chi connectivity index (χ3v) is 2.80. The second kappa shape index (κ2) is 5.80. The van der Waals surface area contributed by atoms with E-state index >= 15 is 0 Å². The highest BCUT2D eigenvalue weighted by molar-refractivity contribution is 5.20. The molecule has 0 aromatic rings. The summed E-state index contributed by atoms with van der Waals surface area (Å²) < 4.78 is 0. The summed E-state index contributed by atoms with van der Waals surface area (Å²) in [6, 6.07) is 0. The Morgan fingerprint density at radius 2 is 1.85 bits per heavy atom. The van der Waals surface area contributed by atoms with Gasteiger partial charge in [0.15, 0.2) is 0 Å². The molecule has 0 spiro atoms. The maximum absolute atomic E-state index is 3.71. The van der Waals surface area contributed by atoms with E-state index in [-0.39, 0.29) is 0 Å². The van der Waals surface area contributed by atoms with Crippen molar-refractivity contribution in [2.24, 2.45) is 5.41 Å². The molecule has 0 amide bonds. The summed E-state index contributed by atoms with van der Waals surface area (Å²) in [7, 11) is 0. The minimum atomic E-state index is 0.359. The Hall–Kier alpha value is -0.780. The maximum atomic E-state index is 3.71. The van der Waals surface area contributed by atoms with Crippen LogP contribution >= 0.6 is 0 Å². The first-order valence-corrected chi connectivity index (χ1v) is 5.06. The first-order valence-electron chi connectivity index (χ1n) is 5.06. The molecule has 0 heteroatoms. The molecule has 13 heavy (non-hydrogen) atoms. The van der Waals surface area contributed by atoms with E-state index in [1.54, 1.807) is 0 Å². The van der Waals surface area contributed by atoms with E-state index in [1.807, 2.05) is 6.08 Å². The molecule has 74 valence electrons. The van der Waals surface area contributed by atoms with E-state index in [0.29, 0.717) is 5.41 Å². The van der Waals surface area contributed by atoms with E-state index < -0.39 is 0 Å². The molecule has 0 saturated heterocycles. The van der Waals surface area contributed by atoms with Gasteiger partial charge >= 0.3 is 0 Å². The van der Waals surface area contributed by atoms with Gasteiger partial charge in [-0.3, -0.25) is 0 Å². The number of hydrogen-bond acceptors (Lipinski definition) is 0. The van der Waals surface area contributed by atoms with Crippen molar-refractivity contribution in [3.05, 3.63) is 36.5 Å². The summed E-state index contributed by atoms with van der Waals surface area (Å²) in [4.78, 5) is 0. The van der Waals surface area contributed by atoms with Gasteiger partial charge in [-0.1, -0.05) is 57.2 Å². The summed E-state index contributed by atoms with van der Waals surface area (Å²) in [6.07, 6.45) is 10.8. The second-order valence-electron chi connectivity index (χ2n) is 3.84. The van der Waals surface area contributed by atoms with Crippen molar-refractivity contribution in [3.63, 3.8) is 0 Å². The van der Waals surface area contributed by atoms with Crippen LogP contribution in [0.2, 0.25) is 0 Å². The zero-order valence-corrected chi connectivity index (χ0v) is 9.43. The zero-order valence-electron chi connectivity index (χ0n) is 9.43. The fraction of sp³-hybridized carbons (Fsp3) is 0.538. The summed E-state index contributed by atoms with van der Waals surface area (Å²) in [5.74, 6) is 0. The first-order chi connectivity index (χ1) is 6.08. The number of hydrogen-bond donors (Lipinski definition) is 0. The van der Waals surface area contributed by atoms with Gasteiger partial charge in [0, 0.05) is 0 Å². The van der Waals surface area contributed by atoms with Gasteiger partial charge in [0.1, 0.15) is 0 Å². The molecular formula is C13H22. The average molecular weight is 178 g/mol. The quantitative estimate of drug-likeness (QED) is 0.544. The lowest BCUT2D eigenvalue weighted by molar-refractivity contribution is 0.396. The van der Waals surface area contributed by atoms with E-state index in [0.717, 1.165) is 0 Å². The van der Waals surface area contributed by atoms with Crippen LogP contribution in [0.5, 0.6) is 0 Å². The van der Waals surface area contributed by atoms with Gasteiger partial charge in [0.2, 0.25) is 0 Å². The first kappa shape index (κ1) is 12.2. The van der Waals surface area contributed by atoms with Gasteiger partial charge < -0.3 is 0 Å². The largest absolute Gasteiger partial charge is 0.0988 e. The Kier molecular flexibility index (Phi) is 5.45. The Bertz CT molecular complexity index is 202. The second-order valence-corrected chi connectivity index (χ2v) is 3.84. The van der Waals surface area contributed by atoms with Crippen molar-refractivity contribution in [1.82, 2.24) is 0 Å². The van der Waals surface area contributed by atoms with Gasteiger partial charge in [-0.05, 0) is 25.2 Å². The molecule has 0 aliphatic rings. The average Bonchev–Trinajstić information content (AvgIpc) is 2.17. The Morgan fingerprint density at radius 1 is 1.31 bits per heavy atom. The summed E-state index contributed by atoms with van der Waals surface area (Å²) in [6.45, 7) is 12.5. The van der Waals surface area contributed by atoms with E-state index in [2.05, 4.69) is 52.5 Å². The highest BCUT2D eigenvalue weighted by Crippen LogP contribution is 2.26. The molecular weight excluding hydrogens is 156 g/mol. The maximum Gasteiger partial charge on any atom is -0.0149 e. The van der Waals surface area contributed by atoms with Crippen LogP contribution in [0, 0.1) is 5.41 Å². The zero-order chi connectivity index (χ0) is 10.3. The van der Waals surface area contributed by atoms with Gasteiger partial charge in [0.25, 0.3) is 0 Å². The molecule has 0 nitrogen and oxygen atoms in total.